The Hall–Kier alpha value is -2.53. The van der Waals surface area contributed by atoms with Crippen LogP contribution in [-0.4, -0.2) is 16.1 Å². The van der Waals surface area contributed by atoms with Crippen molar-refractivity contribution in [2.24, 2.45) is 0 Å². The Bertz CT molecular complexity index is 969. The third-order valence-corrected chi connectivity index (χ3v) is 5.96. The molecule has 2 unspecified atom stereocenters. The van der Waals surface area contributed by atoms with Crippen molar-refractivity contribution in [2.45, 2.75) is 55.6 Å². The van der Waals surface area contributed by atoms with E-state index < -0.39 is 22.6 Å². The van der Waals surface area contributed by atoms with E-state index in [1.54, 1.807) is 13.0 Å². The maximum atomic E-state index is 13.3. The number of rotatable bonds is 4. The number of amides is 1. The highest BCUT2D eigenvalue weighted by Crippen LogP contribution is 2.37. The number of hydrogen-bond donors (Lipinski definition) is 1. The largest absolute Gasteiger partial charge is 0.417 e. The van der Waals surface area contributed by atoms with Gasteiger partial charge in [-0.1, -0.05) is 36.0 Å². The monoisotopic (exact) mass is 419 g/mol. The molecule has 0 spiro atoms. The topological polar surface area (TPSA) is 65.8 Å². The standard InChI is InChI=1S/C21H20F3N3OS/c1-12-10-17(21(22,23)24)16(11-25)20(26-12)29-13(2)19(28)27-18-9-5-7-14-6-3-4-8-15(14)18/h3-4,6,8,10,13,18H,5,7,9H2,1-2H3,(H,27,28). The van der Waals surface area contributed by atoms with Crippen molar-refractivity contribution in [1.82, 2.24) is 10.3 Å². The number of fused-ring (bicyclic) bond motifs is 1. The third kappa shape index (κ3) is 4.73. The molecule has 0 saturated carbocycles. The number of thioether (sulfide) groups is 1. The molecule has 1 aliphatic rings. The van der Waals surface area contributed by atoms with E-state index in [2.05, 4.69) is 10.3 Å². The Morgan fingerprint density at radius 1 is 1.38 bits per heavy atom. The van der Waals surface area contributed by atoms with Crippen molar-refractivity contribution < 1.29 is 18.0 Å². The number of aryl methyl sites for hydroxylation is 2. The summed E-state index contributed by atoms with van der Waals surface area (Å²) in [6.45, 7) is 3.04. The molecule has 152 valence electrons. The second-order valence-corrected chi connectivity index (χ2v) is 8.34. The number of benzene rings is 1. The van der Waals surface area contributed by atoms with Gasteiger partial charge in [0.1, 0.15) is 11.1 Å². The minimum Gasteiger partial charge on any atom is -0.348 e. The SMILES string of the molecule is Cc1cc(C(F)(F)F)c(C#N)c(SC(C)C(=O)NC2CCCc3ccccc32)n1. The number of nitrogens with zero attached hydrogens (tertiary/aromatic N) is 2. The molecule has 0 fully saturated rings. The zero-order valence-corrected chi connectivity index (χ0v) is 16.8. The number of aromatic nitrogens is 1. The number of halogens is 3. The van der Waals surface area contributed by atoms with Crippen molar-refractivity contribution in [3.8, 4) is 6.07 Å². The molecule has 0 aliphatic heterocycles. The lowest BCUT2D eigenvalue weighted by atomic mass is 9.88. The molecule has 1 aromatic heterocycles. The molecular formula is C21H20F3N3OS. The second kappa shape index (κ2) is 8.46. The van der Waals surface area contributed by atoms with E-state index >= 15 is 0 Å². The maximum absolute atomic E-state index is 13.3. The summed E-state index contributed by atoms with van der Waals surface area (Å²) in [5, 5.41) is 11.5. The summed E-state index contributed by atoms with van der Waals surface area (Å²) in [6, 6.07) is 10.3. The van der Waals surface area contributed by atoms with E-state index in [4.69, 9.17) is 0 Å². The van der Waals surface area contributed by atoms with Crippen molar-refractivity contribution in [3.63, 3.8) is 0 Å². The smallest absolute Gasteiger partial charge is 0.348 e. The average molecular weight is 419 g/mol. The van der Waals surface area contributed by atoms with Crippen LogP contribution in [0.15, 0.2) is 35.4 Å². The van der Waals surface area contributed by atoms with E-state index in [0.717, 1.165) is 42.7 Å². The van der Waals surface area contributed by atoms with Gasteiger partial charge in [-0.15, -0.1) is 0 Å². The highest BCUT2D eigenvalue weighted by molar-refractivity contribution is 8.00. The normalized spacial score (nSPS) is 17.2. The molecule has 1 N–H and O–H groups in total. The number of hydrogen-bond acceptors (Lipinski definition) is 4. The molecule has 0 radical (unpaired) electrons. The summed E-state index contributed by atoms with van der Waals surface area (Å²) in [5.41, 5.74) is 0.855. The molecule has 29 heavy (non-hydrogen) atoms. The Morgan fingerprint density at radius 2 is 2.10 bits per heavy atom. The van der Waals surface area contributed by atoms with E-state index in [9.17, 15) is 23.2 Å². The van der Waals surface area contributed by atoms with Gasteiger partial charge in [0, 0.05) is 5.69 Å². The number of alkyl halides is 3. The van der Waals surface area contributed by atoms with Crippen molar-refractivity contribution in [2.75, 3.05) is 0 Å². The van der Waals surface area contributed by atoms with Gasteiger partial charge in [-0.05, 0) is 50.3 Å². The summed E-state index contributed by atoms with van der Waals surface area (Å²) in [6.07, 6.45) is -1.93. The maximum Gasteiger partial charge on any atom is 0.417 e. The predicted octanol–water partition coefficient (Wildman–Crippen LogP) is 4.95. The minimum atomic E-state index is -4.66. The van der Waals surface area contributed by atoms with E-state index in [-0.39, 0.29) is 22.7 Å². The van der Waals surface area contributed by atoms with E-state index in [0.29, 0.717) is 0 Å². The first-order chi connectivity index (χ1) is 13.7. The van der Waals surface area contributed by atoms with Gasteiger partial charge in [0.2, 0.25) is 5.91 Å². The molecule has 4 nitrogen and oxygen atoms in total. The summed E-state index contributed by atoms with van der Waals surface area (Å²) < 4.78 is 39.8. The Balaban J connectivity index is 1.79. The Kier molecular flexibility index (Phi) is 6.18. The molecule has 1 heterocycles. The first-order valence-electron chi connectivity index (χ1n) is 9.24. The summed E-state index contributed by atoms with van der Waals surface area (Å²) in [7, 11) is 0. The first-order valence-corrected chi connectivity index (χ1v) is 10.1. The fourth-order valence-electron chi connectivity index (χ4n) is 3.48. The zero-order valence-electron chi connectivity index (χ0n) is 16.0. The Labute approximate surface area is 171 Å². The zero-order chi connectivity index (χ0) is 21.2. The van der Waals surface area contributed by atoms with Gasteiger partial charge in [0.15, 0.2) is 0 Å². The number of carbonyl (C=O) groups is 1. The average Bonchev–Trinajstić information content (AvgIpc) is 2.67. The van der Waals surface area contributed by atoms with Crippen LogP contribution in [0.1, 0.15) is 53.8 Å². The second-order valence-electron chi connectivity index (χ2n) is 7.01. The molecule has 1 amide bonds. The predicted molar refractivity (Wildman–Crippen MR) is 104 cm³/mol. The van der Waals surface area contributed by atoms with Crippen LogP contribution < -0.4 is 5.32 Å². The van der Waals surface area contributed by atoms with Gasteiger partial charge in [-0.3, -0.25) is 4.79 Å². The lowest BCUT2D eigenvalue weighted by Crippen LogP contribution is -2.36. The van der Waals surface area contributed by atoms with Gasteiger partial charge in [0.25, 0.3) is 0 Å². The Morgan fingerprint density at radius 3 is 2.79 bits per heavy atom. The molecule has 8 heteroatoms. The molecule has 1 aliphatic carbocycles. The number of nitrogens with one attached hydrogen (secondary N) is 1. The van der Waals surface area contributed by atoms with E-state index in [1.807, 2.05) is 24.3 Å². The fourth-order valence-corrected chi connectivity index (χ4v) is 4.46. The lowest BCUT2D eigenvalue weighted by molar-refractivity contribution is -0.138. The molecule has 0 saturated heterocycles. The summed E-state index contributed by atoms with van der Waals surface area (Å²) in [4.78, 5) is 16.8. The van der Waals surface area contributed by atoms with E-state index in [1.165, 1.54) is 12.5 Å². The lowest BCUT2D eigenvalue weighted by Gasteiger charge is -2.27. The number of carbonyl (C=O) groups excluding carboxylic acids is 1. The van der Waals surface area contributed by atoms with Crippen LogP contribution in [0.25, 0.3) is 0 Å². The van der Waals surface area contributed by atoms with Crippen LogP contribution >= 0.6 is 11.8 Å². The van der Waals surface area contributed by atoms with Crippen LogP contribution in [0.4, 0.5) is 13.2 Å². The quantitative estimate of drug-likeness (QED) is 0.712. The molecule has 2 atom stereocenters. The van der Waals surface area contributed by atoms with Crippen LogP contribution in [0.2, 0.25) is 0 Å². The highest BCUT2D eigenvalue weighted by Gasteiger charge is 2.36. The van der Waals surface area contributed by atoms with Gasteiger partial charge in [0.05, 0.1) is 22.4 Å². The molecular weight excluding hydrogens is 399 g/mol. The van der Waals surface area contributed by atoms with Gasteiger partial charge >= 0.3 is 6.18 Å². The molecule has 2 aromatic rings. The number of nitriles is 1. The first kappa shape index (κ1) is 21.2. The van der Waals surface area contributed by atoms with Crippen molar-refractivity contribution in [3.05, 3.63) is 58.3 Å². The van der Waals surface area contributed by atoms with Gasteiger partial charge in [-0.25, -0.2) is 4.98 Å². The highest BCUT2D eigenvalue weighted by atomic mass is 32.2. The molecule has 3 rings (SSSR count). The van der Waals surface area contributed by atoms with Gasteiger partial charge < -0.3 is 5.32 Å². The van der Waals surface area contributed by atoms with Gasteiger partial charge in [-0.2, -0.15) is 18.4 Å². The van der Waals surface area contributed by atoms with Crippen LogP contribution in [-0.2, 0) is 17.4 Å². The van der Waals surface area contributed by atoms with Crippen LogP contribution in [0.5, 0.6) is 0 Å². The van der Waals surface area contributed by atoms with Crippen molar-refractivity contribution >= 4 is 17.7 Å². The summed E-state index contributed by atoms with van der Waals surface area (Å²) >= 11 is 0.872. The number of pyridine rings is 1. The van der Waals surface area contributed by atoms with Crippen LogP contribution in [0.3, 0.4) is 0 Å². The third-order valence-electron chi connectivity index (χ3n) is 4.88. The molecule has 0 bridgehead atoms. The molecule has 1 aromatic carbocycles. The minimum absolute atomic E-state index is 0.0773. The van der Waals surface area contributed by atoms with Crippen LogP contribution in [0, 0.1) is 18.3 Å². The van der Waals surface area contributed by atoms with Crippen molar-refractivity contribution in [1.29, 1.82) is 5.26 Å². The fraction of sp³-hybridized carbons (Fsp3) is 0.381. The summed E-state index contributed by atoms with van der Waals surface area (Å²) in [5.74, 6) is -0.294.